The number of hydrogen-bond acceptors (Lipinski definition) is 3. The smallest absolute Gasteiger partial charge is 0.215 e. The van der Waals surface area contributed by atoms with Crippen molar-refractivity contribution in [2.75, 3.05) is 13.6 Å². The minimum absolute atomic E-state index is 0.291. The molecule has 15 heavy (non-hydrogen) atoms. The predicted octanol–water partition coefficient (Wildman–Crippen LogP) is 0.702. The highest BCUT2D eigenvalue weighted by atomic mass is 32.2. The van der Waals surface area contributed by atoms with Crippen molar-refractivity contribution in [1.29, 1.82) is 0 Å². The minimum atomic E-state index is -3.20. The Morgan fingerprint density at radius 1 is 1.40 bits per heavy atom. The van der Waals surface area contributed by atoms with Crippen LogP contribution in [0.15, 0.2) is 0 Å². The van der Waals surface area contributed by atoms with Crippen molar-refractivity contribution in [3.63, 3.8) is 0 Å². The zero-order chi connectivity index (χ0) is 11.7. The summed E-state index contributed by atoms with van der Waals surface area (Å²) in [5, 5.41) is 2.50. The summed E-state index contributed by atoms with van der Waals surface area (Å²) < 4.78 is 26.6. The second kappa shape index (κ2) is 4.39. The largest absolute Gasteiger partial charge is 0.318 e. The maximum atomic E-state index is 11.9. The Kier molecular flexibility index (Phi) is 3.79. The fraction of sp³-hybridized carbons (Fsp3) is 1.00. The predicted molar refractivity (Wildman–Crippen MR) is 62.2 cm³/mol. The first-order valence-electron chi connectivity index (χ1n) is 5.47. The molecule has 0 spiro atoms. The van der Waals surface area contributed by atoms with Crippen molar-refractivity contribution in [2.24, 2.45) is 5.92 Å². The molecular formula is C10H22N2O2S. The van der Waals surface area contributed by atoms with E-state index in [0.717, 1.165) is 12.8 Å². The molecule has 5 heteroatoms. The highest BCUT2D eigenvalue weighted by molar-refractivity contribution is 7.90. The molecule has 0 radical (unpaired) electrons. The molecule has 0 aromatic carbocycles. The molecule has 90 valence electrons. The third-order valence-corrected chi connectivity index (χ3v) is 5.06. The molecule has 0 saturated heterocycles. The molecule has 0 heterocycles. The van der Waals surface area contributed by atoms with Crippen LogP contribution < -0.4 is 10.0 Å². The van der Waals surface area contributed by atoms with E-state index in [9.17, 15) is 8.42 Å². The van der Waals surface area contributed by atoms with Crippen molar-refractivity contribution in [2.45, 2.75) is 44.4 Å². The minimum Gasteiger partial charge on any atom is -0.318 e. The van der Waals surface area contributed by atoms with Gasteiger partial charge in [0.2, 0.25) is 10.0 Å². The molecule has 1 aliphatic carbocycles. The van der Waals surface area contributed by atoms with Crippen LogP contribution in [-0.2, 0) is 10.0 Å². The first kappa shape index (κ1) is 12.9. The van der Waals surface area contributed by atoms with Crippen molar-refractivity contribution in [1.82, 2.24) is 10.0 Å². The van der Waals surface area contributed by atoms with Crippen LogP contribution >= 0.6 is 0 Å². The quantitative estimate of drug-likeness (QED) is 0.711. The summed E-state index contributed by atoms with van der Waals surface area (Å²) in [7, 11) is -1.44. The molecule has 4 nitrogen and oxygen atoms in total. The molecule has 1 aliphatic rings. The third kappa shape index (κ3) is 3.43. The first-order chi connectivity index (χ1) is 6.79. The van der Waals surface area contributed by atoms with Gasteiger partial charge in [-0.15, -0.1) is 0 Å². The lowest BCUT2D eigenvalue weighted by atomic mass is 10.0. The van der Waals surface area contributed by atoms with Gasteiger partial charge < -0.3 is 5.32 Å². The molecule has 0 amide bonds. The zero-order valence-electron chi connectivity index (χ0n) is 10.0. The first-order valence-corrected chi connectivity index (χ1v) is 7.01. The van der Waals surface area contributed by atoms with Crippen molar-refractivity contribution in [3.05, 3.63) is 0 Å². The Bertz CT molecular complexity index is 307. The van der Waals surface area contributed by atoms with Crippen LogP contribution in [0.4, 0.5) is 0 Å². The highest BCUT2D eigenvalue weighted by Gasteiger charge is 2.41. The molecule has 0 aliphatic heterocycles. The van der Waals surface area contributed by atoms with Crippen molar-refractivity contribution < 1.29 is 8.42 Å². The van der Waals surface area contributed by atoms with Crippen LogP contribution in [0.2, 0.25) is 0 Å². The lowest BCUT2D eigenvalue weighted by molar-refractivity contribution is 0.397. The molecule has 1 saturated carbocycles. The van der Waals surface area contributed by atoms with Gasteiger partial charge in [-0.25, -0.2) is 13.1 Å². The number of hydrogen-bond donors (Lipinski definition) is 2. The SMILES string of the molecule is CNCC(C)S(=O)(=O)NC(C)(C)C1CC1. The number of nitrogens with one attached hydrogen (secondary N) is 2. The molecule has 0 aromatic heterocycles. The van der Waals surface area contributed by atoms with Gasteiger partial charge in [0.05, 0.1) is 5.25 Å². The Labute approximate surface area is 92.9 Å². The molecule has 1 rings (SSSR count). The average molecular weight is 234 g/mol. The van der Waals surface area contributed by atoms with E-state index >= 15 is 0 Å². The van der Waals surface area contributed by atoms with E-state index in [1.165, 1.54) is 0 Å². The standard InChI is InChI=1S/C10H22N2O2S/c1-8(7-11-4)15(13,14)12-10(2,3)9-5-6-9/h8-9,11-12H,5-7H2,1-4H3. The molecule has 1 atom stereocenters. The Hall–Kier alpha value is -0.130. The highest BCUT2D eigenvalue weighted by Crippen LogP contribution is 2.39. The molecule has 2 N–H and O–H groups in total. The van der Waals surface area contributed by atoms with E-state index in [-0.39, 0.29) is 10.8 Å². The van der Waals surface area contributed by atoms with E-state index in [0.29, 0.717) is 12.5 Å². The Balaban J connectivity index is 2.62. The maximum Gasteiger partial charge on any atom is 0.215 e. The Morgan fingerprint density at radius 3 is 2.33 bits per heavy atom. The number of sulfonamides is 1. The van der Waals surface area contributed by atoms with Crippen LogP contribution in [-0.4, -0.2) is 32.8 Å². The summed E-state index contributed by atoms with van der Waals surface area (Å²) in [5.41, 5.74) is -0.291. The molecule has 1 unspecified atom stereocenters. The maximum absolute atomic E-state index is 11.9. The molecule has 1 fully saturated rings. The van der Waals surface area contributed by atoms with Crippen LogP contribution in [0.5, 0.6) is 0 Å². The van der Waals surface area contributed by atoms with Gasteiger partial charge in [0.1, 0.15) is 0 Å². The molecule has 0 aromatic rings. The fourth-order valence-electron chi connectivity index (χ4n) is 1.75. The lowest BCUT2D eigenvalue weighted by Gasteiger charge is -2.27. The lowest BCUT2D eigenvalue weighted by Crippen LogP contribution is -2.49. The van der Waals surface area contributed by atoms with Gasteiger partial charge in [0, 0.05) is 12.1 Å². The summed E-state index contributed by atoms with van der Waals surface area (Å²) in [5.74, 6) is 0.508. The van der Waals surface area contributed by atoms with E-state index in [1.807, 2.05) is 13.8 Å². The van der Waals surface area contributed by atoms with Gasteiger partial charge in [-0.3, -0.25) is 0 Å². The van der Waals surface area contributed by atoms with Crippen molar-refractivity contribution >= 4 is 10.0 Å². The second-order valence-corrected chi connectivity index (χ2v) is 7.11. The van der Waals surface area contributed by atoms with Crippen molar-refractivity contribution in [3.8, 4) is 0 Å². The molecule has 0 bridgehead atoms. The topological polar surface area (TPSA) is 58.2 Å². The fourth-order valence-corrected chi connectivity index (χ4v) is 3.24. The van der Waals surface area contributed by atoms with Crippen LogP contribution in [0.1, 0.15) is 33.6 Å². The summed E-state index contributed by atoms with van der Waals surface area (Å²) in [6.07, 6.45) is 2.27. The van der Waals surface area contributed by atoms with Crippen LogP contribution in [0.3, 0.4) is 0 Å². The van der Waals surface area contributed by atoms with Gasteiger partial charge in [-0.1, -0.05) is 0 Å². The number of rotatable bonds is 6. The molecular weight excluding hydrogens is 212 g/mol. The summed E-state index contributed by atoms with van der Waals surface area (Å²) in [6, 6.07) is 0. The van der Waals surface area contributed by atoms with Gasteiger partial charge in [-0.05, 0) is 46.6 Å². The summed E-state index contributed by atoms with van der Waals surface area (Å²) in [4.78, 5) is 0. The summed E-state index contributed by atoms with van der Waals surface area (Å²) in [6.45, 7) is 6.14. The van der Waals surface area contributed by atoms with E-state index in [1.54, 1.807) is 14.0 Å². The monoisotopic (exact) mass is 234 g/mol. The second-order valence-electron chi connectivity index (χ2n) is 5.01. The van der Waals surface area contributed by atoms with E-state index < -0.39 is 10.0 Å². The Morgan fingerprint density at radius 2 is 1.93 bits per heavy atom. The van der Waals surface area contributed by atoms with E-state index in [2.05, 4.69) is 10.0 Å². The van der Waals surface area contributed by atoms with E-state index in [4.69, 9.17) is 0 Å². The van der Waals surface area contributed by atoms with Crippen LogP contribution in [0, 0.1) is 5.92 Å². The normalized spacial score (nSPS) is 20.3. The zero-order valence-corrected chi connectivity index (χ0v) is 10.8. The van der Waals surface area contributed by atoms with Gasteiger partial charge >= 0.3 is 0 Å². The van der Waals surface area contributed by atoms with Crippen LogP contribution in [0.25, 0.3) is 0 Å². The van der Waals surface area contributed by atoms with Gasteiger partial charge in [0.15, 0.2) is 0 Å². The van der Waals surface area contributed by atoms with Gasteiger partial charge in [0.25, 0.3) is 0 Å². The third-order valence-electron chi connectivity index (χ3n) is 3.02. The summed E-state index contributed by atoms with van der Waals surface area (Å²) >= 11 is 0. The van der Waals surface area contributed by atoms with Gasteiger partial charge in [-0.2, -0.15) is 0 Å². The average Bonchev–Trinajstić information content (AvgIpc) is 2.84.